The second-order valence-electron chi connectivity index (χ2n) is 4.62. The number of furan rings is 1. The van der Waals surface area contributed by atoms with Gasteiger partial charge in [0, 0.05) is 5.39 Å². The molecule has 1 aromatic carbocycles. The first-order chi connectivity index (χ1) is 7.50. The monoisotopic (exact) mass is 218 g/mol. The lowest BCUT2D eigenvalue weighted by molar-refractivity contribution is -0.146. The van der Waals surface area contributed by atoms with Gasteiger partial charge in [0.15, 0.2) is 0 Å². The molecular formula is C13H14O3. The number of aliphatic carboxylic acids is 1. The molecule has 0 atom stereocenters. The minimum Gasteiger partial charge on any atom is -0.481 e. The fraction of sp³-hybridized carbons (Fsp3) is 0.308. The Kier molecular flexibility index (Phi) is 2.46. The molecule has 0 amide bonds. The van der Waals surface area contributed by atoms with E-state index in [1.807, 2.05) is 24.3 Å². The zero-order valence-electron chi connectivity index (χ0n) is 9.36. The molecule has 3 nitrogen and oxygen atoms in total. The van der Waals surface area contributed by atoms with E-state index < -0.39 is 11.4 Å². The van der Waals surface area contributed by atoms with Crippen molar-refractivity contribution in [2.45, 2.75) is 20.3 Å². The lowest BCUT2D eigenvalue weighted by Crippen LogP contribution is -2.26. The van der Waals surface area contributed by atoms with Crippen LogP contribution in [0.25, 0.3) is 11.0 Å². The van der Waals surface area contributed by atoms with Crippen molar-refractivity contribution in [2.24, 2.45) is 5.41 Å². The third-order valence-electron chi connectivity index (χ3n) is 2.80. The molecule has 16 heavy (non-hydrogen) atoms. The normalized spacial score (nSPS) is 11.9. The maximum absolute atomic E-state index is 11.1. The second-order valence-corrected chi connectivity index (χ2v) is 4.62. The summed E-state index contributed by atoms with van der Waals surface area (Å²) >= 11 is 0. The Hall–Kier alpha value is -1.77. The standard InChI is InChI=1S/C13H14O3/c1-13(2,12(14)15)8-9-4-3-5-11-10(9)6-7-16-11/h3-7H,8H2,1-2H3,(H,14,15). The van der Waals surface area contributed by atoms with Crippen LogP contribution in [0.4, 0.5) is 0 Å². The highest BCUT2D eigenvalue weighted by atomic mass is 16.4. The highest BCUT2D eigenvalue weighted by molar-refractivity contribution is 5.82. The van der Waals surface area contributed by atoms with Crippen molar-refractivity contribution in [3.05, 3.63) is 36.1 Å². The van der Waals surface area contributed by atoms with Crippen LogP contribution in [0, 0.1) is 5.41 Å². The average Bonchev–Trinajstić information content (AvgIpc) is 2.65. The Balaban J connectivity index is 2.41. The molecule has 0 radical (unpaired) electrons. The fourth-order valence-electron chi connectivity index (χ4n) is 1.76. The zero-order chi connectivity index (χ0) is 11.8. The summed E-state index contributed by atoms with van der Waals surface area (Å²) in [6, 6.07) is 7.59. The van der Waals surface area contributed by atoms with Gasteiger partial charge in [-0.2, -0.15) is 0 Å². The molecule has 0 aliphatic heterocycles. The average molecular weight is 218 g/mol. The molecule has 0 bridgehead atoms. The van der Waals surface area contributed by atoms with E-state index in [0.29, 0.717) is 6.42 Å². The second kappa shape index (κ2) is 3.67. The van der Waals surface area contributed by atoms with E-state index in [4.69, 9.17) is 9.52 Å². The van der Waals surface area contributed by atoms with Crippen LogP contribution < -0.4 is 0 Å². The van der Waals surface area contributed by atoms with Gasteiger partial charge in [0.25, 0.3) is 0 Å². The van der Waals surface area contributed by atoms with E-state index in [0.717, 1.165) is 16.5 Å². The third-order valence-corrected chi connectivity index (χ3v) is 2.80. The highest BCUT2D eigenvalue weighted by Gasteiger charge is 2.28. The first kappa shape index (κ1) is 10.7. The van der Waals surface area contributed by atoms with Crippen LogP contribution in [-0.2, 0) is 11.2 Å². The molecule has 1 N–H and O–H groups in total. The van der Waals surface area contributed by atoms with Crippen LogP contribution in [-0.4, -0.2) is 11.1 Å². The smallest absolute Gasteiger partial charge is 0.309 e. The number of fused-ring (bicyclic) bond motifs is 1. The maximum atomic E-state index is 11.1. The number of carboxylic acids is 1. The minimum absolute atomic E-state index is 0.499. The van der Waals surface area contributed by atoms with Gasteiger partial charge in [-0.05, 0) is 38.0 Å². The number of benzene rings is 1. The predicted molar refractivity (Wildman–Crippen MR) is 61.3 cm³/mol. The molecule has 0 aliphatic rings. The summed E-state index contributed by atoms with van der Waals surface area (Å²) in [5, 5.41) is 10.1. The molecule has 0 spiro atoms. The first-order valence-corrected chi connectivity index (χ1v) is 5.19. The molecule has 1 heterocycles. The van der Waals surface area contributed by atoms with Crippen LogP contribution in [0.1, 0.15) is 19.4 Å². The van der Waals surface area contributed by atoms with Crippen molar-refractivity contribution < 1.29 is 14.3 Å². The minimum atomic E-state index is -0.784. The van der Waals surface area contributed by atoms with E-state index in [1.54, 1.807) is 20.1 Å². The quantitative estimate of drug-likeness (QED) is 0.861. The van der Waals surface area contributed by atoms with Crippen LogP contribution in [0.2, 0.25) is 0 Å². The van der Waals surface area contributed by atoms with Gasteiger partial charge in [-0.15, -0.1) is 0 Å². The number of carbonyl (C=O) groups is 1. The van der Waals surface area contributed by atoms with Crippen LogP contribution >= 0.6 is 0 Å². The van der Waals surface area contributed by atoms with Crippen molar-refractivity contribution in [3.63, 3.8) is 0 Å². The number of hydrogen-bond acceptors (Lipinski definition) is 2. The van der Waals surface area contributed by atoms with Gasteiger partial charge in [0.1, 0.15) is 5.58 Å². The van der Waals surface area contributed by atoms with E-state index >= 15 is 0 Å². The topological polar surface area (TPSA) is 50.4 Å². The molecule has 2 rings (SSSR count). The van der Waals surface area contributed by atoms with Gasteiger partial charge in [0.05, 0.1) is 11.7 Å². The van der Waals surface area contributed by atoms with E-state index in [-0.39, 0.29) is 0 Å². The summed E-state index contributed by atoms with van der Waals surface area (Å²) in [6.45, 7) is 3.46. The van der Waals surface area contributed by atoms with Gasteiger partial charge in [-0.25, -0.2) is 0 Å². The Morgan fingerprint density at radius 3 is 2.81 bits per heavy atom. The summed E-state index contributed by atoms with van der Waals surface area (Å²) in [6.07, 6.45) is 2.13. The molecule has 3 heteroatoms. The summed E-state index contributed by atoms with van der Waals surface area (Å²) in [5.41, 5.74) is 1.06. The summed E-state index contributed by atoms with van der Waals surface area (Å²) in [7, 11) is 0. The number of hydrogen-bond donors (Lipinski definition) is 1. The van der Waals surface area contributed by atoms with Gasteiger partial charge < -0.3 is 9.52 Å². The van der Waals surface area contributed by atoms with Crippen molar-refractivity contribution in [2.75, 3.05) is 0 Å². The SMILES string of the molecule is CC(C)(Cc1cccc2occc12)C(=O)O. The van der Waals surface area contributed by atoms with E-state index in [9.17, 15) is 4.79 Å². The molecule has 1 aromatic heterocycles. The fourth-order valence-corrected chi connectivity index (χ4v) is 1.76. The molecular weight excluding hydrogens is 204 g/mol. The zero-order valence-corrected chi connectivity index (χ0v) is 9.36. The Morgan fingerprint density at radius 1 is 1.38 bits per heavy atom. The number of rotatable bonds is 3. The van der Waals surface area contributed by atoms with Crippen molar-refractivity contribution in [1.29, 1.82) is 0 Å². The predicted octanol–water partition coefficient (Wildman–Crippen LogP) is 3.09. The van der Waals surface area contributed by atoms with Crippen molar-refractivity contribution in [1.82, 2.24) is 0 Å². The molecule has 0 aliphatic carbocycles. The molecule has 2 aromatic rings. The largest absolute Gasteiger partial charge is 0.481 e. The van der Waals surface area contributed by atoms with Gasteiger partial charge >= 0.3 is 5.97 Å². The van der Waals surface area contributed by atoms with Crippen molar-refractivity contribution in [3.8, 4) is 0 Å². The Labute approximate surface area is 93.7 Å². The highest BCUT2D eigenvalue weighted by Crippen LogP contribution is 2.27. The van der Waals surface area contributed by atoms with Crippen LogP contribution in [0.15, 0.2) is 34.9 Å². The van der Waals surface area contributed by atoms with Gasteiger partial charge in [0.2, 0.25) is 0 Å². The third kappa shape index (κ3) is 1.81. The Morgan fingerprint density at radius 2 is 2.12 bits per heavy atom. The van der Waals surface area contributed by atoms with E-state index in [1.165, 1.54) is 0 Å². The lowest BCUT2D eigenvalue weighted by atomic mass is 9.85. The van der Waals surface area contributed by atoms with Crippen LogP contribution in [0.3, 0.4) is 0 Å². The summed E-state index contributed by atoms with van der Waals surface area (Å²) < 4.78 is 5.29. The van der Waals surface area contributed by atoms with E-state index in [2.05, 4.69) is 0 Å². The molecule has 0 fully saturated rings. The van der Waals surface area contributed by atoms with Crippen LogP contribution in [0.5, 0.6) is 0 Å². The molecule has 0 unspecified atom stereocenters. The molecule has 0 saturated carbocycles. The van der Waals surface area contributed by atoms with Gasteiger partial charge in [-0.1, -0.05) is 12.1 Å². The maximum Gasteiger partial charge on any atom is 0.309 e. The number of carboxylic acid groups (broad SMARTS) is 1. The van der Waals surface area contributed by atoms with Crippen molar-refractivity contribution >= 4 is 16.9 Å². The van der Waals surface area contributed by atoms with Gasteiger partial charge in [-0.3, -0.25) is 4.79 Å². The molecule has 0 saturated heterocycles. The Bertz CT molecular complexity index is 523. The molecule has 84 valence electrons. The summed E-state index contributed by atoms with van der Waals surface area (Å²) in [4.78, 5) is 11.1. The first-order valence-electron chi connectivity index (χ1n) is 5.19. The summed E-state index contributed by atoms with van der Waals surface area (Å²) in [5.74, 6) is -0.784. The lowest BCUT2D eigenvalue weighted by Gasteiger charge is -2.19.